The summed E-state index contributed by atoms with van der Waals surface area (Å²) in [5, 5.41) is 4.58. The van der Waals surface area contributed by atoms with Crippen LogP contribution in [-0.2, 0) is 0 Å². The molecule has 4 aromatic rings. The summed E-state index contributed by atoms with van der Waals surface area (Å²) in [6.45, 7) is 0. The van der Waals surface area contributed by atoms with Crippen LogP contribution >= 0.6 is 22.9 Å². The summed E-state index contributed by atoms with van der Waals surface area (Å²) in [7, 11) is 1.96. The van der Waals surface area contributed by atoms with E-state index in [4.69, 9.17) is 11.6 Å². The molecule has 0 bridgehead atoms. The molecule has 2 aromatic heterocycles. The number of carbonyl (C=O) groups is 2. The number of nitrogens with one attached hydrogen (secondary N) is 1. The first-order valence-corrected chi connectivity index (χ1v) is 13.0. The van der Waals surface area contributed by atoms with Crippen LogP contribution in [0.15, 0.2) is 72.9 Å². The van der Waals surface area contributed by atoms with Gasteiger partial charge < -0.3 is 5.32 Å². The molecule has 0 saturated heterocycles. The van der Waals surface area contributed by atoms with Crippen molar-refractivity contribution in [2.75, 3.05) is 7.05 Å². The monoisotopic (exact) mass is 503 g/mol. The van der Waals surface area contributed by atoms with E-state index >= 15 is 0 Å². The van der Waals surface area contributed by atoms with E-state index in [0.29, 0.717) is 21.5 Å². The number of aromatic nitrogens is 1. The van der Waals surface area contributed by atoms with Gasteiger partial charge >= 0.3 is 0 Å². The Kier molecular flexibility index (Phi) is 6.95. The van der Waals surface area contributed by atoms with E-state index in [1.165, 1.54) is 16.2 Å². The fraction of sp³-hybridized carbons (Fsp3) is 0.250. The van der Waals surface area contributed by atoms with Crippen LogP contribution in [-0.4, -0.2) is 40.8 Å². The average molecular weight is 504 g/mol. The van der Waals surface area contributed by atoms with Crippen LogP contribution in [0.4, 0.5) is 0 Å². The minimum atomic E-state index is -0.322. The smallest absolute Gasteiger partial charge is 0.272 e. The zero-order valence-corrected chi connectivity index (χ0v) is 21.0. The number of amides is 2. The maximum absolute atomic E-state index is 14.0. The second-order valence-corrected chi connectivity index (χ2v) is 10.2. The predicted molar refractivity (Wildman–Crippen MR) is 142 cm³/mol. The minimum absolute atomic E-state index is 0.181. The molecule has 2 heterocycles. The molecule has 7 heteroatoms. The van der Waals surface area contributed by atoms with Crippen LogP contribution < -0.4 is 5.32 Å². The first-order chi connectivity index (χ1) is 17.1. The normalized spacial score (nSPS) is 17.9. The van der Waals surface area contributed by atoms with Crippen LogP contribution in [0.2, 0.25) is 5.02 Å². The van der Waals surface area contributed by atoms with Gasteiger partial charge in [-0.05, 0) is 63.1 Å². The molecule has 1 fully saturated rings. The fourth-order valence-electron chi connectivity index (χ4n) is 4.79. The van der Waals surface area contributed by atoms with Gasteiger partial charge in [-0.3, -0.25) is 19.5 Å². The molecular weight excluding hydrogens is 478 g/mol. The second kappa shape index (κ2) is 10.3. The van der Waals surface area contributed by atoms with Gasteiger partial charge in [0, 0.05) is 39.5 Å². The molecule has 2 amide bonds. The van der Waals surface area contributed by atoms with E-state index in [-0.39, 0.29) is 17.9 Å². The molecule has 0 radical (unpaired) electrons. The molecule has 35 heavy (non-hydrogen) atoms. The Morgan fingerprint density at radius 3 is 2.46 bits per heavy atom. The Bertz CT molecular complexity index is 1360. The van der Waals surface area contributed by atoms with Crippen LogP contribution in [0.3, 0.4) is 0 Å². The number of thiophene rings is 1. The third kappa shape index (κ3) is 4.74. The number of nitrogens with zero attached hydrogens (tertiary/aromatic N) is 2. The van der Waals surface area contributed by atoms with Crippen molar-refractivity contribution >= 4 is 44.8 Å². The Morgan fingerprint density at radius 1 is 0.971 bits per heavy atom. The van der Waals surface area contributed by atoms with Crippen molar-refractivity contribution in [1.82, 2.24) is 15.2 Å². The van der Waals surface area contributed by atoms with Crippen molar-refractivity contribution in [3.63, 3.8) is 0 Å². The van der Waals surface area contributed by atoms with Crippen LogP contribution in [0.5, 0.6) is 0 Å². The van der Waals surface area contributed by atoms with Gasteiger partial charge in [-0.2, -0.15) is 0 Å². The summed E-state index contributed by atoms with van der Waals surface area (Å²) in [4.78, 5) is 34.2. The van der Waals surface area contributed by atoms with Gasteiger partial charge in [0.05, 0.1) is 10.7 Å². The summed E-state index contributed by atoms with van der Waals surface area (Å²) in [5.74, 6) is -0.619. The third-order valence-electron chi connectivity index (χ3n) is 6.71. The highest BCUT2D eigenvalue weighted by Gasteiger charge is 2.36. The summed E-state index contributed by atoms with van der Waals surface area (Å²) >= 11 is 8.01. The molecule has 1 N–H and O–H groups in total. The number of carbonyl (C=O) groups excluding carboxylic acids is 2. The standard InChI is InChI=1S/C28H26ClN3O2S/c1-30-20-12-14-21(15-13-20)32(28(34)26-25(29)22-9-2-3-11-24(22)35-26)27(33)19-8-6-7-18(17-19)23-10-4-5-16-31-23/h2-11,16-17,20-21,30H,12-15H2,1H3. The SMILES string of the molecule is CNC1CCC(N(C(=O)c2cccc(-c3ccccn3)c2)C(=O)c2sc3ccccc3c2Cl)CC1. The molecule has 1 aliphatic rings. The number of hydrogen-bond acceptors (Lipinski definition) is 5. The van der Waals surface area contributed by atoms with Crippen molar-refractivity contribution in [1.29, 1.82) is 0 Å². The van der Waals surface area contributed by atoms with Gasteiger partial charge in [0.1, 0.15) is 4.88 Å². The topological polar surface area (TPSA) is 62.3 Å². The number of hydrogen-bond donors (Lipinski definition) is 1. The Balaban J connectivity index is 1.53. The highest BCUT2D eigenvalue weighted by molar-refractivity contribution is 7.21. The molecule has 178 valence electrons. The molecule has 2 aromatic carbocycles. The fourth-order valence-corrected chi connectivity index (χ4v) is 6.24. The third-order valence-corrected chi connectivity index (χ3v) is 8.37. The lowest BCUT2D eigenvalue weighted by Gasteiger charge is -2.35. The second-order valence-electron chi connectivity index (χ2n) is 8.81. The Hall–Kier alpha value is -3.06. The summed E-state index contributed by atoms with van der Waals surface area (Å²) in [6.07, 6.45) is 5.05. The van der Waals surface area contributed by atoms with Gasteiger partial charge in [-0.1, -0.05) is 48.0 Å². The molecular formula is C28H26ClN3O2S. The first kappa shape index (κ1) is 23.7. The van der Waals surface area contributed by atoms with Gasteiger partial charge in [-0.25, -0.2) is 0 Å². The van der Waals surface area contributed by atoms with Gasteiger partial charge in [0.2, 0.25) is 0 Å². The number of fused-ring (bicyclic) bond motifs is 1. The molecule has 0 aliphatic heterocycles. The molecule has 0 unspecified atom stereocenters. The zero-order valence-electron chi connectivity index (χ0n) is 19.4. The Morgan fingerprint density at radius 2 is 1.74 bits per heavy atom. The highest BCUT2D eigenvalue weighted by Crippen LogP contribution is 2.37. The van der Waals surface area contributed by atoms with E-state index in [2.05, 4.69) is 10.3 Å². The molecule has 0 spiro atoms. The lowest BCUT2D eigenvalue weighted by atomic mass is 9.89. The largest absolute Gasteiger partial charge is 0.317 e. The van der Waals surface area contributed by atoms with E-state index in [0.717, 1.165) is 47.0 Å². The predicted octanol–water partition coefficient (Wildman–Crippen LogP) is 6.43. The van der Waals surface area contributed by atoms with Crippen molar-refractivity contribution in [3.05, 3.63) is 88.4 Å². The van der Waals surface area contributed by atoms with Crippen molar-refractivity contribution < 1.29 is 9.59 Å². The van der Waals surface area contributed by atoms with E-state index in [1.807, 2.05) is 67.7 Å². The van der Waals surface area contributed by atoms with Gasteiger partial charge in [-0.15, -0.1) is 11.3 Å². The van der Waals surface area contributed by atoms with E-state index < -0.39 is 0 Å². The highest BCUT2D eigenvalue weighted by atomic mass is 35.5. The van der Waals surface area contributed by atoms with Crippen molar-refractivity contribution in [2.24, 2.45) is 0 Å². The van der Waals surface area contributed by atoms with E-state index in [9.17, 15) is 9.59 Å². The number of halogens is 1. The van der Waals surface area contributed by atoms with Gasteiger partial charge in [0.25, 0.3) is 11.8 Å². The lowest BCUT2D eigenvalue weighted by Crippen LogP contribution is -2.47. The number of benzene rings is 2. The molecule has 5 nitrogen and oxygen atoms in total. The summed E-state index contributed by atoms with van der Waals surface area (Å²) in [5.41, 5.74) is 2.08. The Labute approximate surface area is 213 Å². The first-order valence-electron chi connectivity index (χ1n) is 11.8. The zero-order chi connectivity index (χ0) is 24.4. The summed E-state index contributed by atoms with van der Waals surface area (Å²) < 4.78 is 0.935. The number of rotatable bonds is 5. The van der Waals surface area contributed by atoms with Crippen LogP contribution in [0.1, 0.15) is 45.7 Å². The average Bonchev–Trinajstić information content (AvgIpc) is 3.26. The van der Waals surface area contributed by atoms with Crippen molar-refractivity contribution in [3.8, 4) is 11.3 Å². The minimum Gasteiger partial charge on any atom is -0.317 e. The lowest BCUT2D eigenvalue weighted by molar-refractivity contribution is 0.0502. The molecule has 5 rings (SSSR count). The molecule has 1 aliphatic carbocycles. The molecule has 0 atom stereocenters. The summed E-state index contributed by atoms with van der Waals surface area (Å²) in [6, 6.07) is 20.9. The number of pyridine rings is 1. The quantitative estimate of drug-likeness (QED) is 0.319. The maximum Gasteiger partial charge on any atom is 0.272 e. The van der Waals surface area contributed by atoms with Gasteiger partial charge in [0.15, 0.2) is 0 Å². The number of imide groups is 1. The maximum atomic E-state index is 14.0. The van der Waals surface area contributed by atoms with E-state index in [1.54, 1.807) is 12.3 Å². The van der Waals surface area contributed by atoms with Crippen LogP contribution in [0, 0.1) is 0 Å². The van der Waals surface area contributed by atoms with Crippen molar-refractivity contribution in [2.45, 2.75) is 37.8 Å². The molecule has 1 saturated carbocycles. The van der Waals surface area contributed by atoms with Crippen LogP contribution in [0.25, 0.3) is 21.3 Å².